The van der Waals surface area contributed by atoms with Gasteiger partial charge in [-0.2, -0.15) is 4.39 Å². The molecule has 2 atom stereocenters. The van der Waals surface area contributed by atoms with Gasteiger partial charge in [-0.1, -0.05) is 37.6 Å². The summed E-state index contributed by atoms with van der Waals surface area (Å²) in [7, 11) is 0. The molecule has 2 unspecified atom stereocenters. The van der Waals surface area contributed by atoms with Crippen molar-refractivity contribution in [3.63, 3.8) is 0 Å². The van der Waals surface area contributed by atoms with Crippen molar-refractivity contribution in [3.8, 4) is 28.3 Å². The lowest BCUT2D eigenvalue weighted by Crippen LogP contribution is -2.20. The third-order valence-electron chi connectivity index (χ3n) is 5.91. The molecule has 0 amide bonds. The van der Waals surface area contributed by atoms with Gasteiger partial charge in [-0.15, -0.1) is 0 Å². The summed E-state index contributed by atoms with van der Waals surface area (Å²) < 4.78 is 39.8. The van der Waals surface area contributed by atoms with Crippen molar-refractivity contribution in [3.05, 3.63) is 66.0 Å². The Labute approximate surface area is 187 Å². The normalized spacial score (nSPS) is 18.5. The Morgan fingerprint density at radius 1 is 0.938 bits per heavy atom. The number of hydrogen-bond acceptors (Lipinski definition) is 4. The second-order valence-electron chi connectivity index (χ2n) is 8.14. The van der Waals surface area contributed by atoms with Crippen LogP contribution in [0.25, 0.3) is 22.5 Å². The largest absolute Gasteiger partial charge is 0.491 e. The molecule has 0 radical (unpaired) electrons. The molecule has 0 bridgehead atoms. The molecular formula is C26H28F2N2O2. The van der Waals surface area contributed by atoms with E-state index in [4.69, 9.17) is 9.47 Å². The summed E-state index contributed by atoms with van der Waals surface area (Å²) in [5, 5.41) is 0. The molecule has 0 aliphatic carbocycles. The van der Waals surface area contributed by atoms with Crippen molar-refractivity contribution < 1.29 is 18.3 Å². The van der Waals surface area contributed by atoms with Gasteiger partial charge in [0.05, 0.1) is 19.3 Å². The molecule has 6 heteroatoms. The zero-order valence-corrected chi connectivity index (χ0v) is 18.5. The van der Waals surface area contributed by atoms with Crippen LogP contribution in [0.1, 0.15) is 51.2 Å². The molecule has 4 nitrogen and oxygen atoms in total. The van der Waals surface area contributed by atoms with Gasteiger partial charge in [-0.25, -0.2) is 14.4 Å². The van der Waals surface area contributed by atoms with Crippen molar-refractivity contribution in [2.24, 2.45) is 5.92 Å². The summed E-state index contributed by atoms with van der Waals surface area (Å²) >= 11 is 0. The van der Waals surface area contributed by atoms with E-state index < -0.39 is 11.6 Å². The summed E-state index contributed by atoms with van der Waals surface area (Å²) in [5.74, 6) is -0.736. The maximum atomic E-state index is 14.5. The molecule has 1 fully saturated rings. The van der Waals surface area contributed by atoms with Gasteiger partial charge in [-0.05, 0) is 49.8 Å². The Hall–Kier alpha value is -2.86. The van der Waals surface area contributed by atoms with Crippen LogP contribution in [-0.2, 0) is 4.74 Å². The Bertz CT molecular complexity index is 1030. The van der Waals surface area contributed by atoms with E-state index in [0.717, 1.165) is 24.2 Å². The summed E-state index contributed by atoms with van der Waals surface area (Å²) in [5.41, 5.74) is 2.55. The van der Waals surface area contributed by atoms with Crippen molar-refractivity contribution in [1.82, 2.24) is 9.97 Å². The van der Waals surface area contributed by atoms with Gasteiger partial charge in [0.2, 0.25) is 5.82 Å². The van der Waals surface area contributed by atoms with Crippen LogP contribution >= 0.6 is 0 Å². The second kappa shape index (κ2) is 10.2. The van der Waals surface area contributed by atoms with Gasteiger partial charge in [0.25, 0.3) is 0 Å². The molecule has 2 heterocycles. The number of benzene rings is 2. The lowest BCUT2D eigenvalue weighted by atomic mass is 9.92. The quantitative estimate of drug-likeness (QED) is 0.409. The predicted molar refractivity (Wildman–Crippen MR) is 120 cm³/mol. The van der Waals surface area contributed by atoms with Gasteiger partial charge in [-0.3, -0.25) is 0 Å². The van der Waals surface area contributed by atoms with E-state index in [-0.39, 0.29) is 24.0 Å². The van der Waals surface area contributed by atoms with Crippen LogP contribution in [0.15, 0.2) is 48.8 Å². The zero-order valence-electron chi connectivity index (χ0n) is 18.5. The Morgan fingerprint density at radius 2 is 1.66 bits per heavy atom. The highest BCUT2D eigenvalue weighted by Crippen LogP contribution is 2.33. The third-order valence-corrected chi connectivity index (χ3v) is 5.91. The zero-order chi connectivity index (χ0) is 22.5. The van der Waals surface area contributed by atoms with E-state index in [0.29, 0.717) is 17.3 Å². The van der Waals surface area contributed by atoms with Gasteiger partial charge < -0.3 is 9.47 Å². The predicted octanol–water partition coefficient (Wildman–Crippen LogP) is 6.76. The van der Waals surface area contributed by atoms with Gasteiger partial charge in [0, 0.05) is 29.1 Å². The highest BCUT2D eigenvalue weighted by molar-refractivity contribution is 5.69. The molecule has 4 rings (SSSR count). The molecular weight excluding hydrogens is 410 g/mol. The molecule has 1 aliphatic rings. The molecule has 2 aromatic carbocycles. The van der Waals surface area contributed by atoms with Crippen LogP contribution in [0.4, 0.5) is 8.78 Å². The fourth-order valence-corrected chi connectivity index (χ4v) is 4.18. The number of halogens is 2. The van der Waals surface area contributed by atoms with Crippen molar-refractivity contribution in [1.29, 1.82) is 0 Å². The Kier molecular flexibility index (Phi) is 7.10. The maximum Gasteiger partial charge on any atom is 0.201 e. The number of rotatable bonds is 7. The first-order chi connectivity index (χ1) is 15.6. The average molecular weight is 439 g/mol. The molecule has 32 heavy (non-hydrogen) atoms. The lowest BCUT2D eigenvalue weighted by Gasteiger charge is -2.28. The van der Waals surface area contributed by atoms with E-state index in [9.17, 15) is 8.78 Å². The van der Waals surface area contributed by atoms with E-state index in [1.54, 1.807) is 19.1 Å². The molecule has 0 spiro atoms. The Balaban J connectivity index is 1.46. The van der Waals surface area contributed by atoms with E-state index >= 15 is 0 Å². The summed E-state index contributed by atoms with van der Waals surface area (Å²) in [6.07, 6.45) is 8.26. The number of nitrogens with zero attached hydrogens (tertiary/aromatic N) is 2. The van der Waals surface area contributed by atoms with E-state index in [1.807, 2.05) is 24.5 Å². The molecule has 0 saturated carbocycles. The molecule has 0 N–H and O–H groups in total. The fourth-order valence-electron chi connectivity index (χ4n) is 4.18. The topological polar surface area (TPSA) is 44.2 Å². The first-order valence-corrected chi connectivity index (χ1v) is 11.3. The second-order valence-corrected chi connectivity index (χ2v) is 8.14. The smallest absolute Gasteiger partial charge is 0.201 e. The number of ether oxygens (including phenoxy) is 2. The first kappa shape index (κ1) is 22.3. The first-order valence-electron chi connectivity index (χ1n) is 11.3. The highest BCUT2D eigenvalue weighted by Gasteiger charge is 2.23. The van der Waals surface area contributed by atoms with E-state index in [2.05, 4.69) is 16.9 Å². The lowest BCUT2D eigenvalue weighted by molar-refractivity contribution is -0.0198. The molecule has 1 aliphatic heterocycles. The minimum absolute atomic E-state index is 0.0528. The van der Waals surface area contributed by atoms with Crippen LogP contribution in [0.5, 0.6) is 5.75 Å². The summed E-state index contributed by atoms with van der Waals surface area (Å²) in [6, 6.07) is 10.1. The van der Waals surface area contributed by atoms with Gasteiger partial charge in [0.1, 0.15) is 0 Å². The maximum absolute atomic E-state index is 14.5. The fraction of sp³-hybridized carbons (Fsp3) is 0.385. The molecule has 168 valence electrons. The van der Waals surface area contributed by atoms with Crippen LogP contribution < -0.4 is 4.74 Å². The monoisotopic (exact) mass is 438 g/mol. The minimum atomic E-state index is -0.974. The van der Waals surface area contributed by atoms with Crippen molar-refractivity contribution in [2.45, 2.75) is 45.6 Å². The van der Waals surface area contributed by atoms with Crippen LogP contribution in [0.2, 0.25) is 0 Å². The number of hydrogen-bond donors (Lipinski definition) is 0. The van der Waals surface area contributed by atoms with Crippen molar-refractivity contribution in [2.75, 3.05) is 13.2 Å². The standard InChI is InChI=1S/C26H28F2N2O2/c1-3-5-17-6-12-22(32-16-17)20-14-29-26(30-15-20)19-9-7-18(8-10-19)21-11-13-23(31-4-2)25(28)24(21)27/h7-11,13-15,17,22H,3-6,12,16H2,1-2H3. The van der Waals surface area contributed by atoms with Gasteiger partial charge in [0.15, 0.2) is 17.4 Å². The van der Waals surface area contributed by atoms with E-state index in [1.165, 1.54) is 31.4 Å². The van der Waals surface area contributed by atoms with Crippen LogP contribution in [0.3, 0.4) is 0 Å². The van der Waals surface area contributed by atoms with Gasteiger partial charge >= 0.3 is 0 Å². The molecule has 3 aromatic rings. The van der Waals surface area contributed by atoms with Crippen LogP contribution in [-0.4, -0.2) is 23.2 Å². The van der Waals surface area contributed by atoms with Crippen LogP contribution in [0, 0.1) is 17.6 Å². The molecule has 1 saturated heterocycles. The average Bonchev–Trinajstić information content (AvgIpc) is 2.83. The third kappa shape index (κ3) is 4.80. The summed E-state index contributed by atoms with van der Waals surface area (Å²) in [6.45, 7) is 5.00. The minimum Gasteiger partial charge on any atom is -0.491 e. The SMILES string of the molecule is CCCC1CCC(c2cnc(-c3ccc(-c4ccc(OCC)c(F)c4F)cc3)nc2)OC1. The number of aromatic nitrogens is 2. The summed E-state index contributed by atoms with van der Waals surface area (Å²) in [4.78, 5) is 9.01. The molecule has 1 aromatic heterocycles. The Morgan fingerprint density at radius 3 is 2.28 bits per heavy atom. The van der Waals surface area contributed by atoms with Crippen molar-refractivity contribution >= 4 is 0 Å². The highest BCUT2D eigenvalue weighted by atomic mass is 19.2.